The fraction of sp³-hybridized carbons (Fsp3) is 0.263. The lowest BCUT2D eigenvalue weighted by atomic mass is 10.0. The summed E-state index contributed by atoms with van der Waals surface area (Å²) < 4.78 is 49.0. The molecular formula is C19H18F3NO4. The van der Waals surface area contributed by atoms with Gasteiger partial charge in [0.15, 0.2) is 0 Å². The molecule has 0 aliphatic carbocycles. The maximum atomic E-state index is 13.1. The number of nitrogens with one attached hydrogen (secondary N) is 1. The Kier molecular flexibility index (Phi) is 6.44. The highest BCUT2D eigenvalue weighted by Gasteiger charge is 2.35. The molecule has 5 nitrogen and oxygen atoms in total. The van der Waals surface area contributed by atoms with Crippen LogP contribution in [-0.2, 0) is 22.1 Å². The zero-order valence-corrected chi connectivity index (χ0v) is 14.7. The topological polar surface area (TPSA) is 64.6 Å². The molecule has 0 saturated carbocycles. The van der Waals surface area contributed by atoms with E-state index in [9.17, 15) is 22.8 Å². The van der Waals surface area contributed by atoms with E-state index < -0.39 is 35.2 Å². The predicted molar refractivity (Wildman–Crippen MR) is 91.4 cm³/mol. The zero-order chi connectivity index (χ0) is 20.0. The van der Waals surface area contributed by atoms with E-state index in [1.54, 1.807) is 24.3 Å². The summed E-state index contributed by atoms with van der Waals surface area (Å²) in [5, 5.41) is 2.33. The van der Waals surface area contributed by atoms with Gasteiger partial charge >= 0.3 is 12.1 Å². The van der Waals surface area contributed by atoms with Gasteiger partial charge in [-0.1, -0.05) is 24.3 Å². The maximum absolute atomic E-state index is 13.1. The Morgan fingerprint density at radius 1 is 1.04 bits per heavy atom. The van der Waals surface area contributed by atoms with Gasteiger partial charge in [-0.15, -0.1) is 0 Å². The van der Waals surface area contributed by atoms with Gasteiger partial charge in [0.2, 0.25) is 0 Å². The first-order valence-corrected chi connectivity index (χ1v) is 7.94. The summed E-state index contributed by atoms with van der Waals surface area (Å²) in [5.41, 5.74) is -0.959. The molecule has 0 aliphatic heterocycles. The number of esters is 1. The summed E-state index contributed by atoms with van der Waals surface area (Å²) in [4.78, 5) is 24.4. The van der Waals surface area contributed by atoms with E-state index in [2.05, 4.69) is 10.1 Å². The summed E-state index contributed by atoms with van der Waals surface area (Å²) in [5.74, 6) is -1.16. The van der Waals surface area contributed by atoms with Crippen LogP contribution in [0.1, 0.15) is 21.5 Å². The number of carbonyl (C=O) groups excluding carboxylic acids is 2. The molecule has 8 heteroatoms. The number of alkyl halides is 3. The van der Waals surface area contributed by atoms with Crippen LogP contribution < -0.4 is 10.1 Å². The molecule has 1 atom stereocenters. The first-order valence-electron chi connectivity index (χ1n) is 7.94. The quantitative estimate of drug-likeness (QED) is 0.781. The molecule has 0 unspecified atom stereocenters. The van der Waals surface area contributed by atoms with Crippen molar-refractivity contribution in [1.29, 1.82) is 0 Å². The van der Waals surface area contributed by atoms with E-state index in [0.717, 1.165) is 19.2 Å². The molecule has 0 fully saturated rings. The number of methoxy groups -OCH3 is 2. The third-order valence-electron chi connectivity index (χ3n) is 3.87. The molecule has 2 aromatic rings. The second kappa shape index (κ2) is 8.57. The average molecular weight is 381 g/mol. The highest BCUT2D eigenvalue weighted by Crippen LogP contribution is 2.31. The summed E-state index contributed by atoms with van der Waals surface area (Å²) in [6.07, 6.45) is -4.64. The second-order valence-electron chi connectivity index (χ2n) is 5.64. The Balaban J connectivity index is 2.23. The molecule has 0 heterocycles. The van der Waals surface area contributed by atoms with Gasteiger partial charge in [0, 0.05) is 6.42 Å². The molecule has 144 valence electrons. The fourth-order valence-corrected chi connectivity index (χ4v) is 2.50. The van der Waals surface area contributed by atoms with E-state index in [4.69, 9.17) is 4.74 Å². The monoisotopic (exact) mass is 381 g/mol. The number of ether oxygens (including phenoxy) is 2. The minimum absolute atomic E-state index is 0.0522. The van der Waals surface area contributed by atoms with E-state index in [-0.39, 0.29) is 6.42 Å². The predicted octanol–water partition coefficient (Wildman–Crippen LogP) is 3.23. The number of hydrogen-bond donors (Lipinski definition) is 1. The molecule has 0 radical (unpaired) electrons. The molecule has 27 heavy (non-hydrogen) atoms. The number of carbonyl (C=O) groups is 2. The van der Waals surface area contributed by atoms with Gasteiger partial charge in [-0.05, 0) is 29.8 Å². The number of halogens is 3. The average Bonchev–Trinajstić information content (AvgIpc) is 2.66. The highest BCUT2D eigenvalue weighted by atomic mass is 19.4. The van der Waals surface area contributed by atoms with Crippen molar-refractivity contribution in [1.82, 2.24) is 5.32 Å². The van der Waals surface area contributed by atoms with Crippen molar-refractivity contribution in [2.45, 2.75) is 18.6 Å². The van der Waals surface area contributed by atoms with Crippen molar-refractivity contribution >= 4 is 11.9 Å². The molecule has 2 aromatic carbocycles. The lowest BCUT2D eigenvalue weighted by Crippen LogP contribution is -2.43. The Bertz CT molecular complexity index is 803. The van der Waals surface area contributed by atoms with Gasteiger partial charge in [0.05, 0.1) is 25.3 Å². The summed E-state index contributed by atoms with van der Waals surface area (Å²) in [6.45, 7) is 0. The van der Waals surface area contributed by atoms with Crippen LogP contribution in [0.15, 0.2) is 48.5 Å². The normalized spacial score (nSPS) is 12.2. The fourth-order valence-electron chi connectivity index (χ4n) is 2.50. The van der Waals surface area contributed by atoms with Crippen LogP contribution in [0, 0.1) is 0 Å². The Morgan fingerprint density at radius 3 is 2.22 bits per heavy atom. The van der Waals surface area contributed by atoms with E-state index in [1.807, 2.05) is 0 Å². The molecule has 0 bridgehead atoms. The number of benzene rings is 2. The number of hydrogen-bond acceptors (Lipinski definition) is 4. The van der Waals surface area contributed by atoms with Gasteiger partial charge in [0.1, 0.15) is 11.8 Å². The van der Waals surface area contributed by atoms with Crippen molar-refractivity contribution < 1.29 is 32.2 Å². The van der Waals surface area contributed by atoms with E-state index >= 15 is 0 Å². The Hall–Kier alpha value is -3.03. The number of amides is 1. The Morgan fingerprint density at radius 2 is 1.67 bits per heavy atom. The lowest BCUT2D eigenvalue weighted by molar-refractivity contribution is -0.142. The summed E-state index contributed by atoms with van der Waals surface area (Å²) >= 11 is 0. The molecule has 1 N–H and O–H groups in total. The van der Waals surface area contributed by atoms with Crippen molar-refractivity contribution in [3.8, 4) is 5.75 Å². The third-order valence-corrected chi connectivity index (χ3v) is 3.87. The van der Waals surface area contributed by atoms with Crippen molar-refractivity contribution in [2.75, 3.05) is 14.2 Å². The van der Waals surface area contributed by atoms with Crippen LogP contribution in [0.25, 0.3) is 0 Å². The zero-order valence-electron chi connectivity index (χ0n) is 14.7. The summed E-state index contributed by atoms with van der Waals surface area (Å²) in [6, 6.07) is 9.95. The van der Waals surface area contributed by atoms with Crippen molar-refractivity contribution in [2.24, 2.45) is 0 Å². The second-order valence-corrected chi connectivity index (χ2v) is 5.64. The summed E-state index contributed by atoms with van der Waals surface area (Å²) in [7, 11) is 2.64. The molecule has 0 spiro atoms. The molecule has 2 rings (SSSR count). The highest BCUT2D eigenvalue weighted by molar-refractivity contribution is 5.98. The van der Waals surface area contributed by atoms with Crippen molar-refractivity contribution in [3.05, 3.63) is 65.2 Å². The van der Waals surface area contributed by atoms with E-state index in [0.29, 0.717) is 11.3 Å². The molecule has 0 aliphatic rings. The van der Waals surface area contributed by atoms with Gasteiger partial charge < -0.3 is 14.8 Å². The standard InChI is InChI=1S/C19H18F3NO4/c1-26-13-9-7-12(8-10-13)11-16(18(25)27-2)23-17(24)14-5-3-4-6-15(14)19(20,21)22/h3-10,16H,11H2,1-2H3,(H,23,24)/t16-/m0/s1. The van der Waals surface area contributed by atoms with Gasteiger partial charge in [-0.25, -0.2) is 4.79 Å². The van der Waals surface area contributed by atoms with Crippen LogP contribution in [-0.4, -0.2) is 32.1 Å². The van der Waals surface area contributed by atoms with Crippen LogP contribution in [0.3, 0.4) is 0 Å². The van der Waals surface area contributed by atoms with Gasteiger partial charge in [-0.2, -0.15) is 13.2 Å². The van der Waals surface area contributed by atoms with Gasteiger partial charge in [-0.3, -0.25) is 4.79 Å². The van der Waals surface area contributed by atoms with Crippen molar-refractivity contribution in [3.63, 3.8) is 0 Å². The van der Waals surface area contributed by atoms with Crippen LogP contribution in [0.4, 0.5) is 13.2 Å². The minimum Gasteiger partial charge on any atom is -0.497 e. The molecule has 0 saturated heterocycles. The maximum Gasteiger partial charge on any atom is 0.417 e. The largest absolute Gasteiger partial charge is 0.497 e. The van der Waals surface area contributed by atoms with Gasteiger partial charge in [0.25, 0.3) is 5.91 Å². The molecular weight excluding hydrogens is 363 g/mol. The smallest absolute Gasteiger partial charge is 0.417 e. The van der Waals surface area contributed by atoms with Crippen LogP contribution in [0.2, 0.25) is 0 Å². The minimum atomic E-state index is -4.69. The van der Waals surface area contributed by atoms with Crippen LogP contribution >= 0.6 is 0 Å². The first kappa shape index (κ1) is 20.3. The SMILES string of the molecule is COC(=O)[C@H](Cc1ccc(OC)cc1)NC(=O)c1ccccc1C(F)(F)F. The first-order chi connectivity index (χ1) is 12.8. The van der Waals surface area contributed by atoms with E-state index in [1.165, 1.54) is 19.2 Å². The third kappa shape index (κ3) is 5.22. The number of rotatable bonds is 6. The lowest BCUT2D eigenvalue weighted by Gasteiger charge is -2.18. The molecule has 0 aromatic heterocycles. The molecule has 1 amide bonds. The Labute approximate surface area is 154 Å². The van der Waals surface area contributed by atoms with Crippen LogP contribution in [0.5, 0.6) is 5.75 Å².